The summed E-state index contributed by atoms with van der Waals surface area (Å²) in [5.41, 5.74) is 2.46. The normalized spacial score (nSPS) is 11.0. The molecule has 27 heavy (non-hydrogen) atoms. The standard InChI is InChI=1S/C18H22ClN5OS.ClH/c1-5-24-14(8-9-20-24)17(25)23(11-10-22(3)4)18-21-15-12(2)6-7-13(19)16(15)26-18;/h6-9H,5,10-11H2,1-4H3;1H. The van der Waals surface area contributed by atoms with Gasteiger partial charge in [-0.15, -0.1) is 12.4 Å². The molecule has 0 aliphatic heterocycles. The summed E-state index contributed by atoms with van der Waals surface area (Å²) < 4.78 is 2.62. The van der Waals surface area contributed by atoms with E-state index in [1.165, 1.54) is 11.3 Å². The lowest BCUT2D eigenvalue weighted by Crippen LogP contribution is -2.37. The highest BCUT2D eigenvalue weighted by molar-refractivity contribution is 7.23. The molecule has 146 valence electrons. The van der Waals surface area contributed by atoms with Crippen molar-refractivity contribution in [2.45, 2.75) is 20.4 Å². The maximum absolute atomic E-state index is 13.2. The van der Waals surface area contributed by atoms with Crippen LogP contribution in [0.5, 0.6) is 0 Å². The van der Waals surface area contributed by atoms with Gasteiger partial charge in [0.05, 0.1) is 15.2 Å². The van der Waals surface area contributed by atoms with Gasteiger partial charge in [-0.25, -0.2) is 4.98 Å². The molecule has 2 heterocycles. The van der Waals surface area contributed by atoms with E-state index >= 15 is 0 Å². The van der Waals surface area contributed by atoms with Crippen molar-refractivity contribution >= 4 is 56.6 Å². The highest BCUT2D eigenvalue weighted by Gasteiger charge is 2.24. The van der Waals surface area contributed by atoms with Gasteiger partial charge in [-0.3, -0.25) is 14.4 Å². The van der Waals surface area contributed by atoms with Gasteiger partial charge in [-0.1, -0.05) is 29.0 Å². The van der Waals surface area contributed by atoms with Gasteiger partial charge in [0.25, 0.3) is 5.91 Å². The van der Waals surface area contributed by atoms with Crippen LogP contribution in [0.1, 0.15) is 23.0 Å². The van der Waals surface area contributed by atoms with Crippen LogP contribution in [0.3, 0.4) is 0 Å². The molecule has 0 radical (unpaired) electrons. The van der Waals surface area contributed by atoms with E-state index < -0.39 is 0 Å². The summed E-state index contributed by atoms with van der Waals surface area (Å²) in [7, 11) is 3.97. The molecule has 6 nitrogen and oxygen atoms in total. The number of hydrogen-bond donors (Lipinski definition) is 0. The minimum atomic E-state index is -0.0981. The Labute approximate surface area is 174 Å². The van der Waals surface area contributed by atoms with Gasteiger partial charge < -0.3 is 4.90 Å². The Morgan fingerprint density at radius 3 is 2.63 bits per heavy atom. The number of aromatic nitrogens is 3. The Balaban J connectivity index is 0.00000261. The number of carbonyl (C=O) groups is 1. The van der Waals surface area contributed by atoms with E-state index in [1.807, 2.05) is 45.0 Å². The smallest absolute Gasteiger partial charge is 0.278 e. The van der Waals surface area contributed by atoms with Crippen LogP contribution >= 0.6 is 35.3 Å². The van der Waals surface area contributed by atoms with Crippen LogP contribution in [-0.4, -0.2) is 52.8 Å². The molecule has 3 aromatic rings. The Morgan fingerprint density at radius 1 is 1.26 bits per heavy atom. The molecule has 0 aliphatic carbocycles. The Hall–Kier alpha value is -1.67. The van der Waals surface area contributed by atoms with Crippen molar-refractivity contribution in [2.75, 3.05) is 32.1 Å². The molecule has 0 spiro atoms. The average Bonchev–Trinajstić information content (AvgIpc) is 3.25. The number of likely N-dealkylation sites (N-methyl/N-ethyl adjacent to an activating group) is 1. The third-order valence-corrected chi connectivity index (χ3v) is 5.71. The highest BCUT2D eigenvalue weighted by atomic mass is 35.5. The molecular formula is C18H23Cl2N5OS. The van der Waals surface area contributed by atoms with E-state index in [-0.39, 0.29) is 18.3 Å². The first-order valence-electron chi connectivity index (χ1n) is 8.46. The maximum atomic E-state index is 13.2. The largest absolute Gasteiger partial charge is 0.308 e. The SMILES string of the molecule is CCn1nccc1C(=O)N(CCN(C)C)c1nc2c(C)ccc(Cl)c2s1.Cl. The molecule has 0 unspecified atom stereocenters. The molecule has 1 amide bonds. The zero-order valence-corrected chi connectivity index (χ0v) is 18.2. The predicted octanol–water partition coefficient (Wildman–Crippen LogP) is 4.10. The molecule has 1 aromatic carbocycles. The Bertz CT molecular complexity index is 898. The van der Waals surface area contributed by atoms with Crippen molar-refractivity contribution < 1.29 is 4.79 Å². The molecule has 0 N–H and O–H groups in total. The quantitative estimate of drug-likeness (QED) is 0.593. The van der Waals surface area contributed by atoms with Gasteiger partial charge in [-0.2, -0.15) is 5.10 Å². The predicted molar refractivity (Wildman–Crippen MR) is 115 cm³/mol. The minimum absolute atomic E-state index is 0. The summed E-state index contributed by atoms with van der Waals surface area (Å²) in [5, 5.41) is 5.54. The summed E-state index contributed by atoms with van der Waals surface area (Å²) in [6.45, 7) is 5.88. The zero-order valence-electron chi connectivity index (χ0n) is 15.8. The molecule has 0 bridgehead atoms. The third-order valence-electron chi connectivity index (χ3n) is 4.17. The number of amides is 1. The first kappa shape index (κ1) is 21.6. The van der Waals surface area contributed by atoms with Crippen LogP contribution < -0.4 is 4.90 Å². The number of thiazole rings is 1. The summed E-state index contributed by atoms with van der Waals surface area (Å²) in [6, 6.07) is 5.58. The first-order chi connectivity index (χ1) is 12.4. The number of anilines is 1. The topological polar surface area (TPSA) is 54.3 Å². The van der Waals surface area contributed by atoms with Crippen molar-refractivity contribution in [1.29, 1.82) is 0 Å². The van der Waals surface area contributed by atoms with Crippen LogP contribution in [-0.2, 0) is 6.54 Å². The summed E-state index contributed by atoms with van der Waals surface area (Å²) in [6.07, 6.45) is 1.65. The number of halogens is 2. The van der Waals surface area contributed by atoms with Gasteiger partial charge in [0, 0.05) is 25.8 Å². The number of nitrogens with zero attached hydrogens (tertiary/aromatic N) is 5. The molecule has 2 aromatic heterocycles. The van der Waals surface area contributed by atoms with Crippen molar-refractivity contribution in [2.24, 2.45) is 0 Å². The second-order valence-corrected chi connectivity index (χ2v) is 7.72. The van der Waals surface area contributed by atoms with E-state index in [2.05, 4.69) is 5.10 Å². The van der Waals surface area contributed by atoms with Crippen LogP contribution in [0, 0.1) is 6.92 Å². The maximum Gasteiger partial charge on any atom is 0.278 e. The van der Waals surface area contributed by atoms with Crippen LogP contribution in [0.15, 0.2) is 24.4 Å². The van der Waals surface area contributed by atoms with Crippen molar-refractivity contribution in [1.82, 2.24) is 19.7 Å². The second kappa shape index (κ2) is 9.01. The summed E-state index contributed by atoms with van der Waals surface area (Å²) >= 11 is 7.80. The lowest BCUT2D eigenvalue weighted by molar-refractivity contribution is 0.0975. The van der Waals surface area contributed by atoms with E-state index in [9.17, 15) is 4.79 Å². The van der Waals surface area contributed by atoms with Crippen LogP contribution in [0.2, 0.25) is 5.02 Å². The minimum Gasteiger partial charge on any atom is -0.308 e. The van der Waals surface area contributed by atoms with Crippen molar-refractivity contribution in [3.63, 3.8) is 0 Å². The van der Waals surface area contributed by atoms with E-state index in [1.54, 1.807) is 21.8 Å². The average molecular weight is 428 g/mol. The number of benzene rings is 1. The lowest BCUT2D eigenvalue weighted by Gasteiger charge is -2.22. The van der Waals surface area contributed by atoms with Gasteiger partial charge in [0.15, 0.2) is 5.13 Å². The highest BCUT2D eigenvalue weighted by Crippen LogP contribution is 2.36. The first-order valence-corrected chi connectivity index (χ1v) is 9.65. The molecule has 0 atom stereocenters. The number of carbonyl (C=O) groups excluding carboxylic acids is 1. The lowest BCUT2D eigenvalue weighted by atomic mass is 10.2. The molecule has 0 saturated carbocycles. The van der Waals surface area contributed by atoms with E-state index in [0.29, 0.717) is 28.9 Å². The number of aryl methyl sites for hydroxylation is 2. The molecule has 9 heteroatoms. The Kier molecular flexibility index (Phi) is 7.22. The fraction of sp³-hybridized carbons (Fsp3) is 0.389. The zero-order chi connectivity index (χ0) is 18.8. The summed E-state index contributed by atoms with van der Waals surface area (Å²) in [5.74, 6) is -0.0981. The van der Waals surface area contributed by atoms with Gasteiger partial charge >= 0.3 is 0 Å². The van der Waals surface area contributed by atoms with Gasteiger partial charge in [0.2, 0.25) is 0 Å². The summed E-state index contributed by atoms with van der Waals surface area (Å²) in [4.78, 5) is 21.7. The second-order valence-electron chi connectivity index (χ2n) is 6.33. The number of fused-ring (bicyclic) bond motifs is 1. The molecular weight excluding hydrogens is 405 g/mol. The molecule has 0 aliphatic rings. The molecule has 0 saturated heterocycles. The van der Waals surface area contributed by atoms with Crippen molar-refractivity contribution in [3.8, 4) is 0 Å². The van der Waals surface area contributed by atoms with Gasteiger partial charge in [0.1, 0.15) is 5.69 Å². The number of rotatable bonds is 6. The monoisotopic (exact) mass is 427 g/mol. The van der Waals surface area contributed by atoms with Gasteiger partial charge in [-0.05, 0) is 45.6 Å². The van der Waals surface area contributed by atoms with Crippen molar-refractivity contribution in [3.05, 3.63) is 40.7 Å². The van der Waals surface area contributed by atoms with E-state index in [0.717, 1.165) is 22.3 Å². The fourth-order valence-electron chi connectivity index (χ4n) is 2.69. The Morgan fingerprint density at radius 2 is 2.00 bits per heavy atom. The van der Waals surface area contributed by atoms with E-state index in [4.69, 9.17) is 16.6 Å². The molecule has 0 fully saturated rings. The third kappa shape index (κ3) is 4.43. The fourth-order valence-corrected chi connectivity index (χ4v) is 4.04. The van der Waals surface area contributed by atoms with Crippen LogP contribution in [0.25, 0.3) is 10.2 Å². The van der Waals surface area contributed by atoms with Crippen LogP contribution in [0.4, 0.5) is 5.13 Å². The number of hydrogen-bond acceptors (Lipinski definition) is 5. The molecule has 3 rings (SSSR count).